The van der Waals surface area contributed by atoms with E-state index in [-0.39, 0.29) is 24.3 Å². The van der Waals surface area contributed by atoms with Crippen LogP contribution in [0.3, 0.4) is 0 Å². The number of carbonyl (C=O) groups is 2. The number of fused-ring (bicyclic) bond motifs is 2. The van der Waals surface area contributed by atoms with Gasteiger partial charge in [0.1, 0.15) is 16.1 Å². The zero-order chi connectivity index (χ0) is 19.0. The largest absolute Gasteiger partial charge is 1.00 e. The molecule has 1 unspecified atom stereocenters. The fourth-order valence-electron chi connectivity index (χ4n) is 2.89. The van der Waals surface area contributed by atoms with Crippen LogP contribution in [-0.2, 0) is 4.74 Å². The fourth-order valence-corrected chi connectivity index (χ4v) is 3.28. The molecule has 0 bridgehead atoms. The van der Waals surface area contributed by atoms with E-state index in [1.807, 2.05) is 18.2 Å². The third-order valence-electron chi connectivity index (χ3n) is 4.21. The SMILES string of the molecule is COC(=O)c1ccccc1Nc1nc2[n+](cc1Br)C(=O)C1C=CC=CC1=N2.[Cl-]. The number of halogens is 2. The van der Waals surface area contributed by atoms with Crippen molar-refractivity contribution in [2.45, 2.75) is 0 Å². The topological polar surface area (TPSA) is 84.5 Å². The molecule has 4 rings (SSSR count). The van der Waals surface area contributed by atoms with Crippen LogP contribution < -0.4 is 22.3 Å². The molecule has 0 spiro atoms. The summed E-state index contributed by atoms with van der Waals surface area (Å²) in [5.41, 5.74) is 1.57. The highest BCUT2D eigenvalue weighted by molar-refractivity contribution is 9.10. The number of carbonyl (C=O) groups excluding carboxylic acids is 2. The molecule has 28 heavy (non-hydrogen) atoms. The van der Waals surface area contributed by atoms with Gasteiger partial charge in [-0.2, -0.15) is 4.57 Å². The summed E-state index contributed by atoms with van der Waals surface area (Å²) in [6.07, 6.45) is 8.90. The lowest BCUT2D eigenvalue weighted by molar-refractivity contribution is -0.566. The number of hydrogen-bond donors (Lipinski definition) is 1. The number of ether oxygens (including phenoxy) is 1. The minimum absolute atomic E-state index is 0. The number of methoxy groups -OCH3 is 1. The lowest BCUT2D eigenvalue weighted by Gasteiger charge is -2.16. The number of anilines is 2. The molecule has 2 aliphatic rings. The average molecular weight is 462 g/mol. The van der Waals surface area contributed by atoms with Crippen molar-refractivity contribution in [2.75, 3.05) is 12.4 Å². The predicted molar refractivity (Wildman–Crippen MR) is 103 cm³/mol. The van der Waals surface area contributed by atoms with E-state index in [1.165, 1.54) is 11.7 Å². The van der Waals surface area contributed by atoms with Crippen molar-refractivity contribution in [1.29, 1.82) is 0 Å². The van der Waals surface area contributed by atoms with Gasteiger partial charge < -0.3 is 22.5 Å². The van der Waals surface area contributed by atoms with Gasteiger partial charge >= 0.3 is 17.8 Å². The number of nitrogens with one attached hydrogen (secondary N) is 1. The molecular formula is C19H14BrClN4O3. The van der Waals surface area contributed by atoms with Gasteiger partial charge in [-0.3, -0.25) is 4.79 Å². The summed E-state index contributed by atoms with van der Waals surface area (Å²) in [5, 5.41) is 3.11. The third kappa shape index (κ3) is 3.48. The average Bonchev–Trinajstić information content (AvgIpc) is 2.69. The molecular weight excluding hydrogens is 448 g/mol. The summed E-state index contributed by atoms with van der Waals surface area (Å²) in [6.45, 7) is 0. The molecule has 1 aromatic heterocycles. The Morgan fingerprint density at radius 3 is 2.86 bits per heavy atom. The number of allylic oxidation sites excluding steroid dienone is 4. The van der Waals surface area contributed by atoms with Crippen molar-refractivity contribution in [3.8, 4) is 0 Å². The maximum Gasteiger partial charge on any atom is 0.442 e. The zero-order valence-corrected chi connectivity index (χ0v) is 16.9. The molecule has 1 aromatic carbocycles. The molecule has 0 fully saturated rings. The van der Waals surface area contributed by atoms with Gasteiger partial charge in [-0.25, -0.2) is 4.79 Å². The molecule has 0 saturated heterocycles. The molecule has 1 aliphatic carbocycles. The molecule has 1 N–H and O–H groups in total. The monoisotopic (exact) mass is 460 g/mol. The van der Waals surface area contributed by atoms with Gasteiger partial charge in [-0.15, -0.1) is 0 Å². The Morgan fingerprint density at radius 1 is 1.29 bits per heavy atom. The van der Waals surface area contributed by atoms with Gasteiger partial charge in [-0.05, 0) is 39.1 Å². The first kappa shape index (κ1) is 19.9. The number of nitrogens with zero attached hydrogens (tertiary/aromatic N) is 3. The van der Waals surface area contributed by atoms with Crippen LogP contribution in [-0.4, -0.2) is 29.7 Å². The van der Waals surface area contributed by atoms with E-state index < -0.39 is 11.9 Å². The second kappa shape index (κ2) is 8.04. The molecule has 2 heterocycles. The van der Waals surface area contributed by atoms with Gasteiger partial charge in [0.15, 0.2) is 0 Å². The van der Waals surface area contributed by atoms with E-state index in [1.54, 1.807) is 36.5 Å². The van der Waals surface area contributed by atoms with E-state index in [2.05, 4.69) is 31.2 Å². The van der Waals surface area contributed by atoms with Gasteiger partial charge in [0, 0.05) is 0 Å². The normalized spacial score (nSPS) is 16.4. The number of aliphatic imine (C=N–C) groups is 1. The van der Waals surface area contributed by atoms with Crippen LogP contribution in [0.1, 0.15) is 15.2 Å². The zero-order valence-electron chi connectivity index (χ0n) is 14.6. The van der Waals surface area contributed by atoms with Crippen LogP contribution in [0.4, 0.5) is 17.5 Å². The number of rotatable bonds is 3. The molecule has 1 atom stereocenters. The molecule has 9 heteroatoms. The summed E-state index contributed by atoms with van der Waals surface area (Å²) >= 11 is 3.43. The van der Waals surface area contributed by atoms with E-state index in [0.29, 0.717) is 27.3 Å². The van der Waals surface area contributed by atoms with E-state index in [0.717, 1.165) is 0 Å². The van der Waals surface area contributed by atoms with Crippen LogP contribution >= 0.6 is 15.9 Å². The Bertz CT molecular complexity index is 1070. The highest BCUT2D eigenvalue weighted by atomic mass is 79.9. The molecule has 142 valence electrons. The predicted octanol–water partition coefficient (Wildman–Crippen LogP) is 0.134. The summed E-state index contributed by atoms with van der Waals surface area (Å²) in [7, 11) is 1.33. The van der Waals surface area contributed by atoms with Gasteiger partial charge in [0.25, 0.3) is 0 Å². The maximum absolute atomic E-state index is 12.7. The minimum Gasteiger partial charge on any atom is -1.00 e. The molecule has 1 aliphatic heterocycles. The van der Waals surface area contributed by atoms with Crippen LogP contribution in [0.5, 0.6) is 0 Å². The second-order valence-corrected chi connectivity index (χ2v) is 6.72. The lowest BCUT2D eigenvalue weighted by atomic mass is 9.96. The van der Waals surface area contributed by atoms with Gasteiger partial charge in [-0.1, -0.05) is 35.4 Å². The number of esters is 1. The van der Waals surface area contributed by atoms with Crippen molar-refractivity contribution < 1.29 is 31.3 Å². The van der Waals surface area contributed by atoms with Crippen molar-refractivity contribution in [3.63, 3.8) is 0 Å². The summed E-state index contributed by atoms with van der Waals surface area (Å²) in [5.74, 6) is -0.277. The van der Waals surface area contributed by atoms with Crippen molar-refractivity contribution in [1.82, 2.24) is 4.98 Å². The molecule has 0 amide bonds. The third-order valence-corrected chi connectivity index (χ3v) is 4.79. The maximum atomic E-state index is 12.7. The van der Waals surface area contributed by atoms with Crippen LogP contribution in [0.2, 0.25) is 0 Å². The smallest absolute Gasteiger partial charge is 0.442 e. The molecule has 2 aromatic rings. The molecule has 0 saturated carbocycles. The number of para-hydroxylation sites is 1. The van der Waals surface area contributed by atoms with Gasteiger partial charge in [0.05, 0.1) is 24.6 Å². The Morgan fingerprint density at radius 2 is 2.07 bits per heavy atom. The van der Waals surface area contributed by atoms with Crippen molar-refractivity contribution >= 4 is 51.0 Å². The summed E-state index contributed by atoms with van der Waals surface area (Å²) in [6, 6.07) is 6.94. The Balaban J connectivity index is 0.00000225. The van der Waals surface area contributed by atoms with Crippen molar-refractivity contribution in [3.05, 3.63) is 64.8 Å². The molecule has 0 radical (unpaired) electrons. The second-order valence-electron chi connectivity index (χ2n) is 5.87. The van der Waals surface area contributed by atoms with E-state index in [9.17, 15) is 9.59 Å². The highest BCUT2D eigenvalue weighted by Crippen LogP contribution is 2.28. The lowest BCUT2D eigenvalue weighted by Crippen LogP contribution is -3.00. The van der Waals surface area contributed by atoms with Crippen LogP contribution in [0, 0.1) is 5.92 Å². The van der Waals surface area contributed by atoms with E-state index >= 15 is 0 Å². The number of benzene rings is 1. The van der Waals surface area contributed by atoms with E-state index in [4.69, 9.17) is 4.74 Å². The first-order valence-corrected chi connectivity index (χ1v) is 8.92. The van der Waals surface area contributed by atoms with Crippen LogP contribution in [0.25, 0.3) is 0 Å². The van der Waals surface area contributed by atoms with Gasteiger partial charge in [0.2, 0.25) is 5.82 Å². The number of aromatic nitrogens is 2. The first-order valence-electron chi connectivity index (χ1n) is 8.12. The fraction of sp³-hybridized carbons (Fsp3) is 0.105. The molecule has 7 nitrogen and oxygen atoms in total. The quantitative estimate of drug-likeness (QED) is 0.519. The minimum atomic E-state index is -0.459. The Kier molecular flexibility index (Phi) is 5.71. The van der Waals surface area contributed by atoms with Crippen LogP contribution in [0.15, 0.2) is 64.2 Å². The Hall–Kier alpha value is -2.84. The highest BCUT2D eigenvalue weighted by Gasteiger charge is 2.37. The van der Waals surface area contributed by atoms with Crippen molar-refractivity contribution in [2.24, 2.45) is 10.9 Å². The standard InChI is InChI=1S/C19H13BrN4O3.ClH/c1-27-18(26)12-7-3-5-9-15(12)21-16-13(20)10-24-17(25)11-6-2-4-8-14(11)22-19(24)23-16;/h2-11H,1H3;1H. The number of hydrogen-bond acceptors (Lipinski definition) is 6. The summed E-state index contributed by atoms with van der Waals surface area (Å²) in [4.78, 5) is 33.6. The first-order chi connectivity index (χ1) is 13.1. The Labute approximate surface area is 175 Å². The summed E-state index contributed by atoms with van der Waals surface area (Å²) < 4.78 is 6.79.